The second-order valence-corrected chi connectivity index (χ2v) is 4.88. The van der Waals surface area contributed by atoms with Gasteiger partial charge in [-0.3, -0.25) is 9.59 Å². The fourth-order valence-electron chi connectivity index (χ4n) is 2.25. The molecule has 0 saturated carbocycles. The molecule has 1 aromatic heterocycles. The van der Waals surface area contributed by atoms with E-state index < -0.39 is 17.4 Å². The van der Waals surface area contributed by atoms with E-state index in [1.807, 2.05) is 25.1 Å². The molecule has 1 aromatic carbocycles. The average molecular weight is 259 g/mol. The SMILES string of the molecule is Cc1nc2ccc(C3(C)CNC(=O)C(=O)N3)cc2o1. The molecule has 2 amide bonds. The number of oxazole rings is 1. The van der Waals surface area contributed by atoms with E-state index in [9.17, 15) is 9.59 Å². The van der Waals surface area contributed by atoms with Gasteiger partial charge in [-0.1, -0.05) is 6.07 Å². The van der Waals surface area contributed by atoms with Crippen molar-refractivity contribution in [2.45, 2.75) is 19.4 Å². The average Bonchev–Trinajstić information content (AvgIpc) is 2.73. The number of fused-ring (bicyclic) bond motifs is 1. The fraction of sp³-hybridized carbons (Fsp3) is 0.308. The lowest BCUT2D eigenvalue weighted by atomic mass is 9.90. The summed E-state index contributed by atoms with van der Waals surface area (Å²) in [4.78, 5) is 26.9. The van der Waals surface area contributed by atoms with Crippen molar-refractivity contribution in [3.63, 3.8) is 0 Å². The van der Waals surface area contributed by atoms with Crippen LogP contribution in [0.1, 0.15) is 18.4 Å². The molecule has 0 spiro atoms. The molecule has 1 fully saturated rings. The first-order valence-electron chi connectivity index (χ1n) is 5.96. The fourth-order valence-corrected chi connectivity index (χ4v) is 2.25. The van der Waals surface area contributed by atoms with Crippen LogP contribution < -0.4 is 10.6 Å². The number of hydrogen-bond acceptors (Lipinski definition) is 4. The summed E-state index contributed by atoms with van der Waals surface area (Å²) in [6.45, 7) is 3.98. The lowest BCUT2D eigenvalue weighted by Gasteiger charge is -2.34. The number of hydrogen-bond donors (Lipinski definition) is 2. The smallest absolute Gasteiger partial charge is 0.310 e. The Morgan fingerprint density at radius 3 is 2.84 bits per heavy atom. The summed E-state index contributed by atoms with van der Waals surface area (Å²) in [5, 5.41) is 5.29. The number of amides is 2. The van der Waals surface area contributed by atoms with Gasteiger partial charge in [0.2, 0.25) is 0 Å². The molecule has 6 heteroatoms. The van der Waals surface area contributed by atoms with Crippen LogP contribution in [0.5, 0.6) is 0 Å². The Bertz CT molecular complexity index is 691. The number of nitrogens with one attached hydrogen (secondary N) is 2. The summed E-state index contributed by atoms with van der Waals surface area (Å²) in [5.41, 5.74) is 1.67. The highest BCUT2D eigenvalue weighted by Crippen LogP contribution is 2.26. The molecule has 2 heterocycles. The molecule has 2 N–H and O–H groups in total. The van der Waals surface area contributed by atoms with Crippen LogP contribution in [0, 0.1) is 6.92 Å². The highest BCUT2D eigenvalue weighted by molar-refractivity contribution is 6.35. The molecular formula is C13H13N3O3. The van der Waals surface area contributed by atoms with Gasteiger partial charge in [0.1, 0.15) is 5.52 Å². The van der Waals surface area contributed by atoms with Crippen LogP contribution in [-0.2, 0) is 15.1 Å². The van der Waals surface area contributed by atoms with Crippen LogP contribution >= 0.6 is 0 Å². The van der Waals surface area contributed by atoms with Gasteiger partial charge in [-0.25, -0.2) is 4.98 Å². The third-order valence-corrected chi connectivity index (χ3v) is 3.33. The lowest BCUT2D eigenvalue weighted by molar-refractivity contribution is -0.142. The lowest BCUT2D eigenvalue weighted by Crippen LogP contribution is -2.60. The molecule has 1 saturated heterocycles. The molecule has 0 bridgehead atoms. The van der Waals surface area contributed by atoms with Gasteiger partial charge in [-0.15, -0.1) is 0 Å². The third-order valence-electron chi connectivity index (χ3n) is 3.33. The van der Waals surface area contributed by atoms with E-state index in [0.717, 1.165) is 11.1 Å². The molecule has 3 rings (SSSR count). The Labute approximate surface area is 109 Å². The summed E-state index contributed by atoms with van der Waals surface area (Å²) in [6, 6.07) is 5.56. The normalized spacial score (nSPS) is 23.3. The Kier molecular flexibility index (Phi) is 2.35. The van der Waals surface area contributed by atoms with Crippen LogP contribution in [0.4, 0.5) is 0 Å². The number of nitrogens with zero attached hydrogens (tertiary/aromatic N) is 1. The third kappa shape index (κ3) is 1.85. The first-order valence-corrected chi connectivity index (χ1v) is 5.96. The van der Waals surface area contributed by atoms with Gasteiger partial charge in [0.05, 0.1) is 5.54 Å². The van der Waals surface area contributed by atoms with Crippen LogP contribution in [0.15, 0.2) is 22.6 Å². The van der Waals surface area contributed by atoms with E-state index >= 15 is 0 Å². The van der Waals surface area contributed by atoms with Gasteiger partial charge < -0.3 is 15.1 Å². The van der Waals surface area contributed by atoms with Crippen molar-refractivity contribution < 1.29 is 14.0 Å². The highest BCUT2D eigenvalue weighted by Gasteiger charge is 2.36. The highest BCUT2D eigenvalue weighted by atomic mass is 16.3. The van der Waals surface area contributed by atoms with E-state index in [-0.39, 0.29) is 0 Å². The van der Waals surface area contributed by atoms with E-state index in [0.29, 0.717) is 18.0 Å². The van der Waals surface area contributed by atoms with Gasteiger partial charge in [0.15, 0.2) is 11.5 Å². The minimum Gasteiger partial charge on any atom is -0.441 e. The predicted molar refractivity (Wildman–Crippen MR) is 67.3 cm³/mol. The van der Waals surface area contributed by atoms with Crippen molar-refractivity contribution in [1.82, 2.24) is 15.6 Å². The number of aromatic nitrogens is 1. The molecule has 0 radical (unpaired) electrons. The Balaban J connectivity index is 2.03. The number of carbonyl (C=O) groups is 2. The minimum atomic E-state index is -0.639. The number of carbonyl (C=O) groups excluding carboxylic acids is 2. The Morgan fingerprint density at radius 2 is 2.11 bits per heavy atom. The van der Waals surface area contributed by atoms with Crippen molar-refractivity contribution in [3.05, 3.63) is 29.7 Å². The quantitative estimate of drug-likeness (QED) is 0.734. The summed E-state index contributed by atoms with van der Waals surface area (Å²) in [7, 11) is 0. The van der Waals surface area contributed by atoms with Crippen LogP contribution in [0.2, 0.25) is 0 Å². The van der Waals surface area contributed by atoms with Gasteiger partial charge in [-0.2, -0.15) is 0 Å². The standard InChI is InChI=1S/C13H13N3O3/c1-7-15-9-4-3-8(5-10(9)19-7)13(2)6-14-11(17)12(18)16-13/h3-5H,6H2,1-2H3,(H,14,17)(H,16,18). The van der Waals surface area contributed by atoms with E-state index in [1.165, 1.54) is 0 Å². The molecular weight excluding hydrogens is 246 g/mol. The van der Waals surface area contributed by atoms with Gasteiger partial charge in [0, 0.05) is 13.5 Å². The van der Waals surface area contributed by atoms with Crippen LogP contribution in [0.3, 0.4) is 0 Å². The summed E-state index contributed by atoms with van der Waals surface area (Å²) >= 11 is 0. The minimum absolute atomic E-state index is 0.343. The zero-order valence-electron chi connectivity index (χ0n) is 10.6. The summed E-state index contributed by atoms with van der Waals surface area (Å²) in [6.07, 6.45) is 0. The first kappa shape index (κ1) is 11.7. The molecule has 1 aliphatic rings. The Hall–Kier alpha value is -2.37. The van der Waals surface area contributed by atoms with Crippen molar-refractivity contribution in [3.8, 4) is 0 Å². The number of benzene rings is 1. The van der Waals surface area contributed by atoms with Crippen LogP contribution in [0.25, 0.3) is 11.1 Å². The first-order chi connectivity index (χ1) is 8.98. The van der Waals surface area contributed by atoms with Crippen molar-refractivity contribution in [1.29, 1.82) is 0 Å². The predicted octanol–water partition coefficient (Wildman–Crippen LogP) is 0.597. The van der Waals surface area contributed by atoms with E-state index in [2.05, 4.69) is 15.6 Å². The molecule has 2 aromatic rings. The molecule has 1 unspecified atom stereocenters. The van der Waals surface area contributed by atoms with Gasteiger partial charge in [-0.05, 0) is 24.6 Å². The molecule has 1 atom stereocenters. The topological polar surface area (TPSA) is 84.2 Å². The van der Waals surface area contributed by atoms with Gasteiger partial charge >= 0.3 is 11.8 Å². The zero-order chi connectivity index (χ0) is 13.6. The maximum Gasteiger partial charge on any atom is 0.310 e. The zero-order valence-corrected chi connectivity index (χ0v) is 10.6. The van der Waals surface area contributed by atoms with Crippen molar-refractivity contribution in [2.24, 2.45) is 0 Å². The van der Waals surface area contributed by atoms with E-state index in [4.69, 9.17) is 4.42 Å². The maximum atomic E-state index is 11.5. The van der Waals surface area contributed by atoms with E-state index in [1.54, 1.807) is 6.92 Å². The van der Waals surface area contributed by atoms with Crippen molar-refractivity contribution in [2.75, 3.05) is 6.54 Å². The second kappa shape index (κ2) is 3.81. The maximum absolute atomic E-state index is 11.5. The molecule has 6 nitrogen and oxygen atoms in total. The largest absolute Gasteiger partial charge is 0.441 e. The summed E-state index contributed by atoms with van der Waals surface area (Å²) in [5.74, 6) is -0.630. The Morgan fingerprint density at radius 1 is 1.32 bits per heavy atom. The van der Waals surface area contributed by atoms with Crippen molar-refractivity contribution >= 4 is 22.9 Å². The number of rotatable bonds is 1. The monoisotopic (exact) mass is 259 g/mol. The second-order valence-electron chi connectivity index (χ2n) is 4.88. The molecule has 1 aliphatic heterocycles. The van der Waals surface area contributed by atoms with Gasteiger partial charge in [0.25, 0.3) is 0 Å². The number of piperazine rings is 1. The van der Waals surface area contributed by atoms with Crippen LogP contribution in [-0.4, -0.2) is 23.3 Å². The molecule has 19 heavy (non-hydrogen) atoms. The molecule has 0 aliphatic carbocycles. The summed E-state index contributed by atoms with van der Waals surface area (Å²) < 4.78 is 5.48. The number of aryl methyl sites for hydroxylation is 1. The molecule has 98 valence electrons.